The third kappa shape index (κ3) is 2.66. The van der Waals surface area contributed by atoms with E-state index in [9.17, 15) is 26.4 Å². The van der Waals surface area contributed by atoms with Gasteiger partial charge in [-0.3, -0.25) is 9.10 Å². The van der Waals surface area contributed by atoms with E-state index in [0.29, 0.717) is 6.07 Å². The highest BCUT2D eigenvalue weighted by Gasteiger charge is 2.38. The topological polar surface area (TPSA) is 54.5 Å². The van der Waals surface area contributed by atoms with Crippen LogP contribution in [0.4, 0.5) is 18.9 Å². The Kier molecular flexibility index (Phi) is 3.67. The van der Waals surface area contributed by atoms with E-state index in [4.69, 9.17) is 0 Å². The number of rotatable bonds is 2. The average Bonchev–Trinajstić information content (AvgIpc) is 2.84. The van der Waals surface area contributed by atoms with Gasteiger partial charge in [0.15, 0.2) is 5.78 Å². The van der Waals surface area contributed by atoms with Crippen molar-refractivity contribution in [1.29, 1.82) is 0 Å². The van der Waals surface area contributed by atoms with Gasteiger partial charge < -0.3 is 0 Å². The van der Waals surface area contributed by atoms with Gasteiger partial charge in [-0.1, -0.05) is 17.7 Å². The molecule has 0 aromatic heterocycles. The number of hydrogen-bond donors (Lipinski definition) is 0. The fraction of sp³-hybridized carbons (Fsp3) is 0.188. The summed E-state index contributed by atoms with van der Waals surface area (Å²) in [6, 6.07) is 8.51. The molecule has 0 fully saturated rings. The number of benzene rings is 2. The molecule has 1 heterocycles. The Morgan fingerprint density at radius 2 is 1.67 bits per heavy atom. The molecular formula is C16H12F3NO3S. The predicted molar refractivity (Wildman–Crippen MR) is 81.5 cm³/mol. The monoisotopic (exact) mass is 355 g/mol. The summed E-state index contributed by atoms with van der Waals surface area (Å²) in [6.45, 7) is 1.29. The van der Waals surface area contributed by atoms with Gasteiger partial charge in [0.1, 0.15) is 0 Å². The van der Waals surface area contributed by atoms with Crippen LogP contribution in [0.25, 0.3) is 0 Å². The van der Waals surface area contributed by atoms with Gasteiger partial charge in [0.05, 0.1) is 22.7 Å². The number of aryl methyl sites for hydroxylation is 1. The summed E-state index contributed by atoms with van der Waals surface area (Å²) >= 11 is 0. The largest absolute Gasteiger partial charge is 0.416 e. The Morgan fingerprint density at radius 3 is 2.25 bits per heavy atom. The molecule has 24 heavy (non-hydrogen) atoms. The normalized spacial score (nSPS) is 14.8. The number of fused-ring (bicyclic) bond motifs is 1. The van der Waals surface area contributed by atoms with Crippen molar-refractivity contribution in [2.45, 2.75) is 18.0 Å². The fourth-order valence-corrected chi connectivity index (χ4v) is 3.95. The van der Waals surface area contributed by atoms with Crippen LogP contribution < -0.4 is 4.31 Å². The van der Waals surface area contributed by atoms with E-state index in [0.717, 1.165) is 22.0 Å². The van der Waals surface area contributed by atoms with E-state index < -0.39 is 34.1 Å². The third-order valence-electron chi connectivity index (χ3n) is 3.79. The van der Waals surface area contributed by atoms with E-state index in [-0.39, 0.29) is 16.1 Å². The lowest BCUT2D eigenvalue weighted by Gasteiger charge is -2.19. The highest BCUT2D eigenvalue weighted by molar-refractivity contribution is 7.93. The van der Waals surface area contributed by atoms with Gasteiger partial charge in [0, 0.05) is 5.56 Å². The number of alkyl halides is 3. The molecule has 3 rings (SSSR count). The van der Waals surface area contributed by atoms with E-state index in [1.54, 1.807) is 19.1 Å². The van der Waals surface area contributed by atoms with Crippen LogP contribution in [0.1, 0.15) is 21.5 Å². The van der Waals surface area contributed by atoms with Gasteiger partial charge in [-0.25, -0.2) is 8.42 Å². The number of ketones is 1. The standard InChI is InChI=1S/C16H12F3NO3S/c1-10-2-5-12(6-3-10)24(22,23)20-9-15(21)13-8-11(16(17,18)19)4-7-14(13)20/h2-8H,9H2,1H3. The SMILES string of the molecule is Cc1ccc(S(=O)(=O)N2CC(=O)c3cc(C(F)(F)F)ccc32)cc1. The molecule has 0 aliphatic carbocycles. The van der Waals surface area contributed by atoms with Crippen molar-refractivity contribution in [1.82, 2.24) is 0 Å². The van der Waals surface area contributed by atoms with Gasteiger partial charge in [0.2, 0.25) is 0 Å². The summed E-state index contributed by atoms with van der Waals surface area (Å²) in [6.07, 6.45) is -4.60. The summed E-state index contributed by atoms with van der Waals surface area (Å²) in [5, 5.41) is 0. The Balaban J connectivity index is 2.08. The van der Waals surface area contributed by atoms with Crippen molar-refractivity contribution < 1.29 is 26.4 Å². The predicted octanol–water partition coefficient (Wildman–Crippen LogP) is 3.41. The summed E-state index contributed by atoms with van der Waals surface area (Å²) in [4.78, 5) is 12.0. The van der Waals surface area contributed by atoms with E-state index in [1.807, 2.05) is 0 Å². The maximum Gasteiger partial charge on any atom is 0.416 e. The van der Waals surface area contributed by atoms with E-state index >= 15 is 0 Å². The van der Waals surface area contributed by atoms with Crippen LogP contribution in [0, 0.1) is 6.92 Å². The zero-order valence-electron chi connectivity index (χ0n) is 12.5. The van der Waals surface area contributed by atoms with E-state index in [2.05, 4.69) is 0 Å². The van der Waals surface area contributed by atoms with Crippen LogP contribution in [-0.4, -0.2) is 20.7 Å². The Morgan fingerprint density at radius 1 is 1.04 bits per heavy atom. The lowest BCUT2D eigenvalue weighted by molar-refractivity contribution is -0.137. The number of halogens is 3. The molecule has 2 aromatic rings. The maximum absolute atomic E-state index is 12.8. The van der Waals surface area contributed by atoms with Gasteiger partial charge in [0.25, 0.3) is 10.0 Å². The van der Waals surface area contributed by atoms with Crippen LogP contribution in [0.15, 0.2) is 47.4 Å². The molecule has 0 unspecified atom stereocenters. The van der Waals surface area contributed by atoms with Crippen LogP contribution in [0.3, 0.4) is 0 Å². The second-order valence-corrected chi connectivity index (χ2v) is 7.34. The first-order valence-electron chi connectivity index (χ1n) is 6.94. The Hall–Kier alpha value is -2.35. The number of nitrogens with zero attached hydrogens (tertiary/aromatic N) is 1. The van der Waals surface area contributed by atoms with Crippen LogP contribution in [-0.2, 0) is 16.2 Å². The number of Topliss-reactive ketones (excluding diaryl/α,β-unsaturated/α-hetero) is 1. The first-order chi connectivity index (χ1) is 11.1. The summed E-state index contributed by atoms with van der Waals surface area (Å²) in [5.41, 5.74) is -0.389. The van der Waals surface area contributed by atoms with Crippen LogP contribution >= 0.6 is 0 Å². The Labute approximate surface area is 136 Å². The fourth-order valence-electron chi connectivity index (χ4n) is 2.51. The molecule has 0 radical (unpaired) electrons. The second-order valence-electron chi connectivity index (χ2n) is 5.48. The highest BCUT2D eigenvalue weighted by atomic mass is 32.2. The lowest BCUT2D eigenvalue weighted by atomic mass is 10.1. The molecule has 0 saturated heterocycles. The summed E-state index contributed by atoms with van der Waals surface area (Å²) < 4.78 is 64.5. The minimum atomic E-state index is -4.60. The molecule has 8 heteroatoms. The first kappa shape index (κ1) is 16.5. The first-order valence-corrected chi connectivity index (χ1v) is 8.38. The highest BCUT2D eigenvalue weighted by Crippen LogP contribution is 2.37. The third-order valence-corrected chi connectivity index (χ3v) is 5.56. The number of carbonyl (C=O) groups excluding carboxylic acids is 1. The molecule has 0 bridgehead atoms. The number of sulfonamides is 1. The average molecular weight is 355 g/mol. The lowest BCUT2D eigenvalue weighted by Crippen LogP contribution is -2.30. The Bertz CT molecular complexity index is 919. The van der Waals surface area contributed by atoms with Crippen molar-refractivity contribution >= 4 is 21.5 Å². The molecule has 126 valence electrons. The van der Waals surface area contributed by atoms with Gasteiger partial charge in [-0.15, -0.1) is 0 Å². The zero-order valence-corrected chi connectivity index (χ0v) is 13.3. The summed E-state index contributed by atoms with van der Waals surface area (Å²) in [5.74, 6) is -0.660. The quantitative estimate of drug-likeness (QED) is 0.830. The molecule has 1 aliphatic heterocycles. The minimum absolute atomic E-state index is 0.0198. The molecule has 0 spiro atoms. The molecule has 0 N–H and O–H groups in total. The zero-order chi connectivity index (χ0) is 17.7. The van der Waals surface area contributed by atoms with Gasteiger partial charge >= 0.3 is 6.18 Å². The minimum Gasteiger partial charge on any atom is -0.292 e. The van der Waals surface area contributed by atoms with Crippen molar-refractivity contribution in [3.63, 3.8) is 0 Å². The van der Waals surface area contributed by atoms with Crippen LogP contribution in [0.2, 0.25) is 0 Å². The number of carbonyl (C=O) groups is 1. The van der Waals surface area contributed by atoms with Crippen molar-refractivity contribution in [3.05, 3.63) is 59.2 Å². The maximum atomic E-state index is 12.8. The molecule has 4 nitrogen and oxygen atoms in total. The van der Waals surface area contributed by atoms with E-state index in [1.165, 1.54) is 12.1 Å². The number of anilines is 1. The number of hydrogen-bond acceptors (Lipinski definition) is 3. The second kappa shape index (κ2) is 5.34. The van der Waals surface area contributed by atoms with Crippen molar-refractivity contribution in [2.24, 2.45) is 0 Å². The molecule has 0 saturated carbocycles. The molecule has 0 amide bonds. The molecular weight excluding hydrogens is 343 g/mol. The van der Waals surface area contributed by atoms with Gasteiger partial charge in [-0.05, 0) is 37.3 Å². The van der Waals surface area contributed by atoms with Crippen molar-refractivity contribution in [3.8, 4) is 0 Å². The van der Waals surface area contributed by atoms with Crippen molar-refractivity contribution in [2.75, 3.05) is 10.8 Å². The summed E-state index contributed by atoms with van der Waals surface area (Å²) in [7, 11) is -4.02. The molecule has 1 aliphatic rings. The smallest absolute Gasteiger partial charge is 0.292 e. The van der Waals surface area contributed by atoms with Crippen LogP contribution in [0.5, 0.6) is 0 Å². The van der Waals surface area contributed by atoms with Gasteiger partial charge in [-0.2, -0.15) is 13.2 Å². The molecule has 0 atom stereocenters. The molecule has 2 aromatic carbocycles.